The van der Waals surface area contributed by atoms with E-state index in [1.807, 2.05) is 29.5 Å². The van der Waals surface area contributed by atoms with E-state index in [1.54, 1.807) is 0 Å². The molecule has 0 amide bonds. The monoisotopic (exact) mass is 261 g/mol. The number of nitrogens with one attached hydrogen (secondary N) is 1. The van der Waals surface area contributed by atoms with Gasteiger partial charge in [0.25, 0.3) is 0 Å². The summed E-state index contributed by atoms with van der Waals surface area (Å²) in [5.41, 5.74) is 3.57. The number of hydrogen-bond donors (Lipinski definition) is 1. The molecule has 0 atom stereocenters. The van der Waals surface area contributed by atoms with Crippen molar-refractivity contribution in [1.29, 1.82) is 0 Å². The average molecular weight is 261 g/mol. The highest BCUT2D eigenvalue weighted by atomic mass is 15.3. The zero-order valence-electron chi connectivity index (χ0n) is 12.4. The molecule has 0 aliphatic carbocycles. The number of aromatic nitrogens is 4. The fourth-order valence-electron chi connectivity index (χ4n) is 1.98. The highest BCUT2D eigenvalue weighted by Gasteiger charge is 2.13. The molecule has 2 aromatic heterocycles. The summed E-state index contributed by atoms with van der Waals surface area (Å²) in [6.07, 6.45) is 6.08. The summed E-state index contributed by atoms with van der Waals surface area (Å²) in [6.45, 7) is 10.1. The average Bonchev–Trinajstić information content (AvgIpc) is 2.86. The van der Waals surface area contributed by atoms with Crippen LogP contribution in [0.1, 0.15) is 37.6 Å². The third kappa shape index (κ3) is 3.44. The van der Waals surface area contributed by atoms with Crippen LogP contribution in [0, 0.1) is 6.92 Å². The second-order valence-corrected chi connectivity index (χ2v) is 5.98. The Morgan fingerprint density at radius 2 is 1.95 bits per heavy atom. The molecule has 0 saturated heterocycles. The Balaban J connectivity index is 1.89. The van der Waals surface area contributed by atoms with Gasteiger partial charge in [-0.15, -0.1) is 0 Å². The van der Waals surface area contributed by atoms with Gasteiger partial charge < -0.3 is 5.32 Å². The molecule has 0 unspecified atom stereocenters. The van der Waals surface area contributed by atoms with Gasteiger partial charge in [0.15, 0.2) is 0 Å². The topological polar surface area (TPSA) is 47.7 Å². The molecule has 1 N–H and O–H groups in total. The molecule has 2 rings (SSSR count). The summed E-state index contributed by atoms with van der Waals surface area (Å²) >= 11 is 0. The number of hydrogen-bond acceptors (Lipinski definition) is 3. The third-order valence-electron chi connectivity index (χ3n) is 3.08. The van der Waals surface area contributed by atoms with Crippen LogP contribution in [0.5, 0.6) is 0 Å². The number of rotatable bonds is 4. The standard InChI is InChI=1S/C14H23N5/c1-11-13(10-18(5)17-11)8-15-6-12-7-16-19(9-12)14(2,3)4/h7,9-10,15H,6,8H2,1-5H3. The van der Waals surface area contributed by atoms with E-state index in [9.17, 15) is 0 Å². The van der Waals surface area contributed by atoms with E-state index in [1.165, 1.54) is 11.1 Å². The van der Waals surface area contributed by atoms with Crippen LogP contribution in [0.25, 0.3) is 0 Å². The first kappa shape index (κ1) is 13.8. The van der Waals surface area contributed by atoms with Crippen molar-refractivity contribution < 1.29 is 0 Å². The van der Waals surface area contributed by atoms with Crippen molar-refractivity contribution in [1.82, 2.24) is 24.9 Å². The second kappa shape index (κ2) is 5.17. The van der Waals surface area contributed by atoms with Crippen LogP contribution in [-0.4, -0.2) is 19.6 Å². The minimum atomic E-state index is 0.0399. The third-order valence-corrected chi connectivity index (χ3v) is 3.08. The molecular formula is C14H23N5. The van der Waals surface area contributed by atoms with Crippen molar-refractivity contribution in [2.45, 2.75) is 46.3 Å². The maximum Gasteiger partial charge on any atom is 0.0638 e. The Hall–Kier alpha value is -1.62. The zero-order chi connectivity index (χ0) is 14.0. The normalized spacial score (nSPS) is 12.1. The van der Waals surface area contributed by atoms with Crippen LogP contribution in [0.15, 0.2) is 18.6 Å². The minimum Gasteiger partial charge on any atom is -0.308 e. The van der Waals surface area contributed by atoms with Crippen molar-refractivity contribution >= 4 is 0 Å². The van der Waals surface area contributed by atoms with Gasteiger partial charge in [0, 0.05) is 43.7 Å². The van der Waals surface area contributed by atoms with E-state index in [4.69, 9.17) is 0 Å². The maximum atomic E-state index is 4.39. The Morgan fingerprint density at radius 1 is 1.21 bits per heavy atom. The van der Waals surface area contributed by atoms with Gasteiger partial charge in [-0.3, -0.25) is 9.36 Å². The molecule has 0 fully saturated rings. The van der Waals surface area contributed by atoms with Crippen LogP contribution in [-0.2, 0) is 25.7 Å². The molecule has 2 heterocycles. The van der Waals surface area contributed by atoms with Gasteiger partial charge >= 0.3 is 0 Å². The Bertz CT molecular complexity index is 544. The van der Waals surface area contributed by atoms with E-state index in [0.717, 1.165) is 18.8 Å². The number of aryl methyl sites for hydroxylation is 2. The lowest BCUT2D eigenvalue weighted by atomic mass is 10.1. The van der Waals surface area contributed by atoms with Crippen molar-refractivity contribution in [3.05, 3.63) is 35.4 Å². The molecule has 0 aliphatic heterocycles. The summed E-state index contributed by atoms with van der Waals surface area (Å²) in [6, 6.07) is 0. The van der Waals surface area contributed by atoms with Crippen molar-refractivity contribution in [2.24, 2.45) is 7.05 Å². The Labute approximate surface area is 114 Å². The van der Waals surface area contributed by atoms with Gasteiger partial charge in [0.1, 0.15) is 0 Å². The molecule has 5 nitrogen and oxygen atoms in total. The van der Waals surface area contributed by atoms with E-state index < -0.39 is 0 Å². The number of nitrogens with zero attached hydrogens (tertiary/aromatic N) is 4. The van der Waals surface area contributed by atoms with Crippen LogP contribution in [0.3, 0.4) is 0 Å². The molecule has 19 heavy (non-hydrogen) atoms. The molecule has 2 aromatic rings. The summed E-state index contributed by atoms with van der Waals surface area (Å²) in [5, 5.41) is 12.2. The van der Waals surface area contributed by atoms with E-state index >= 15 is 0 Å². The van der Waals surface area contributed by atoms with Crippen LogP contribution >= 0.6 is 0 Å². The van der Waals surface area contributed by atoms with Crippen molar-refractivity contribution in [3.63, 3.8) is 0 Å². The Morgan fingerprint density at radius 3 is 2.47 bits per heavy atom. The molecule has 0 radical (unpaired) electrons. The first-order valence-electron chi connectivity index (χ1n) is 6.60. The van der Waals surface area contributed by atoms with Gasteiger partial charge in [-0.2, -0.15) is 10.2 Å². The molecule has 0 spiro atoms. The lowest BCUT2D eigenvalue weighted by Gasteiger charge is -2.18. The summed E-state index contributed by atoms with van der Waals surface area (Å²) in [7, 11) is 1.95. The molecular weight excluding hydrogens is 238 g/mol. The Kier molecular flexibility index (Phi) is 3.75. The molecule has 104 valence electrons. The first-order valence-corrected chi connectivity index (χ1v) is 6.60. The van der Waals surface area contributed by atoms with Crippen LogP contribution in [0.4, 0.5) is 0 Å². The highest BCUT2D eigenvalue weighted by Crippen LogP contribution is 2.13. The fourth-order valence-corrected chi connectivity index (χ4v) is 1.98. The molecule has 0 aromatic carbocycles. The predicted molar refractivity (Wildman–Crippen MR) is 75.7 cm³/mol. The zero-order valence-corrected chi connectivity index (χ0v) is 12.4. The quantitative estimate of drug-likeness (QED) is 0.915. The summed E-state index contributed by atoms with van der Waals surface area (Å²) in [4.78, 5) is 0. The molecule has 5 heteroatoms. The van der Waals surface area contributed by atoms with Crippen molar-refractivity contribution in [3.8, 4) is 0 Å². The second-order valence-electron chi connectivity index (χ2n) is 5.98. The van der Waals surface area contributed by atoms with Crippen molar-refractivity contribution in [2.75, 3.05) is 0 Å². The largest absolute Gasteiger partial charge is 0.308 e. The summed E-state index contributed by atoms with van der Waals surface area (Å²) in [5.74, 6) is 0. The highest BCUT2D eigenvalue weighted by molar-refractivity contribution is 5.15. The van der Waals surface area contributed by atoms with Crippen LogP contribution in [0.2, 0.25) is 0 Å². The van der Waals surface area contributed by atoms with E-state index in [-0.39, 0.29) is 5.54 Å². The van der Waals surface area contributed by atoms with Gasteiger partial charge in [-0.1, -0.05) is 0 Å². The summed E-state index contributed by atoms with van der Waals surface area (Å²) < 4.78 is 3.85. The van der Waals surface area contributed by atoms with Gasteiger partial charge in [0.05, 0.1) is 17.4 Å². The molecule has 0 aliphatic rings. The minimum absolute atomic E-state index is 0.0399. The lowest BCUT2D eigenvalue weighted by Crippen LogP contribution is -2.22. The van der Waals surface area contributed by atoms with E-state index in [0.29, 0.717) is 0 Å². The smallest absolute Gasteiger partial charge is 0.0638 e. The maximum absolute atomic E-state index is 4.39. The first-order chi connectivity index (χ1) is 8.86. The predicted octanol–water partition coefficient (Wildman–Crippen LogP) is 1.97. The van der Waals surface area contributed by atoms with Gasteiger partial charge in [0.2, 0.25) is 0 Å². The fraction of sp³-hybridized carbons (Fsp3) is 0.571. The van der Waals surface area contributed by atoms with Gasteiger partial charge in [-0.05, 0) is 27.7 Å². The molecule has 0 bridgehead atoms. The molecule has 0 saturated carbocycles. The van der Waals surface area contributed by atoms with E-state index in [2.05, 4.69) is 48.7 Å². The van der Waals surface area contributed by atoms with Crippen LogP contribution < -0.4 is 5.32 Å². The van der Waals surface area contributed by atoms with Gasteiger partial charge in [-0.25, -0.2) is 0 Å². The lowest BCUT2D eigenvalue weighted by molar-refractivity contribution is 0.355. The SMILES string of the molecule is Cc1nn(C)cc1CNCc1cnn(C(C)(C)C)c1.